The maximum Gasteiger partial charge on any atom is 0.338 e. The number of carbonyl (C=O) groups is 5. The van der Waals surface area contributed by atoms with E-state index in [1.54, 1.807) is 38.1 Å². The van der Waals surface area contributed by atoms with Crippen LogP contribution in [0, 0.1) is 5.92 Å². The van der Waals surface area contributed by atoms with Gasteiger partial charge >= 0.3 is 16.8 Å². The number of hydrogen-bond donors (Lipinski definition) is 1. The van der Waals surface area contributed by atoms with Crippen LogP contribution in [0.1, 0.15) is 77.3 Å². The average Bonchev–Trinajstić information content (AvgIpc) is 3.54. The molecule has 3 heterocycles. The lowest BCUT2D eigenvalue weighted by atomic mass is 9.81. The van der Waals surface area contributed by atoms with Crippen molar-refractivity contribution in [2.75, 3.05) is 23.4 Å². The Morgan fingerprint density at radius 1 is 0.784 bits per heavy atom. The molecule has 4 aromatic rings. The number of thiazole rings is 1. The first kappa shape index (κ1) is 35.8. The zero-order valence-electron chi connectivity index (χ0n) is 28.8. The number of fused-ring (bicyclic) bond motifs is 2. The fourth-order valence-corrected chi connectivity index (χ4v) is 9.04. The number of amides is 3. The van der Waals surface area contributed by atoms with Crippen LogP contribution in [0.2, 0.25) is 0 Å². The molecule has 3 amide bonds. The van der Waals surface area contributed by atoms with Crippen LogP contribution in [0.4, 0.5) is 11.4 Å². The van der Waals surface area contributed by atoms with E-state index in [9.17, 15) is 28.8 Å². The van der Waals surface area contributed by atoms with Crippen LogP contribution in [-0.4, -0.2) is 52.7 Å². The molecule has 2 aliphatic heterocycles. The molecule has 51 heavy (non-hydrogen) atoms. The average molecular weight is 728 g/mol. The Morgan fingerprint density at radius 3 is 1.90 bits per heavy atom. The molecule has 3 aromatic carbocycles. The molecule has 0 saturated carbocycles. The third-order valence-electron chi connectivity index (χ3n) is 8.80. The first-order chi connectivity index (χ1) is 24.3. The highest BCUT2D eigenvalue weighted by atomic mass is 32.2. The molecule has 0 spiro atoms. The van der Waals surface area contributed by atoms with Crippen LogP contribution < -0.4 is 15.1 Å². The molecule has 1 saturated heterocycles. The number of imide groups is 1. The van der Waals surface area contributed by atoms with E-state index in [4.69, 9.17) is 9.47 Å². The topological polar surface area (TPSA) is 141 Å². The van der Waals surface area contributed by atoms with Crippen LogP contribution in [-0.2, 0) is 35.8 Å². The number of benzene rings is 3. The van der Waals surface area contributed by atoms with Gasteiger partial charge in [0.1, 0.15) is 11.8 Å². The molecule has 0 radical (unpaired) electrons. The van der Waals surface area contributed by atoms with Crippen molar-refractivity contribution in [2.24, 2.45) is 5.92 Å². The maximum absolute atomic E-state index is 14.3. The van der Waals surface area contributed by atoms with E-state index in [0.29, 0.717) is 32.4 Å². The van der Waals surface area contributed by atoms with E-state index in [0.717, 1.165) is 39.1 Å². The second-order valence-electron chi connectivity index (χ2n) is 13.2. The summed E-state index contributed by atoms with van der Waals surface area (Å²) < 4.78 is 11.4. The molecule has 0 aliphatic carbocycles. The van der Waals surface area contributed by atoms with Gasteiger partial charge in [0.25, 0.3) is 0 Å². The fourth-order valence-electron chi connectivity index (χ4n) is 6.27. The van der Waals surface area contributed by atoms with Gasteiger partial charge in [0, 0.05) is 16.5 Å². The molecule has 13 heteroatoms. The van der Waals surface area contributed by atoms with Crippen molar-refractivity contribution in [3.8, 4) is 0 Å². The van der Waals surface area contributed by atoms with Crippen LogP contribution in [0.25, 0.3) is 0 Å². The highest BCUT2D eigenvalue weighted by molar-refractivity contribution is 8.00. The molecule has 0 unspecified atom stereocenters. The van der Waals surface area contributed by atoms with E-state index in [1.165, 1.54) is 28.8 Å². The number of carbonyl (C=O) groups excluding carboxylic acids is 5. The smallest absolute Gasteiger partial charge is 0.338 e. The largest absolute Gasteiger partial charge is 0.462 e. The normalized spacial score (nSPS) is 18.2. The van der Waals surface area contributed by atoms with Crippen LogP contribution >= 0.6 is 23.1 Å². The number of aromatic nitrogens is 1. The molecule has 1 aromatic heterocycles. The Hall–Kier alpha value is -5.01. The van der Waals surface area contributed by atoms with Crippen molar-refractivity contribution in [1.29, 1.82) is 0 Å². The molecule has 1 fully saturated rings. The zero-order chi connectivity index (χ0) is 36.6. The molecule has 0 bridgehead atoms. The lowest BCUT2D eigenvalue weighted by Crippen LogP contribution is -2.33. The van der Waals surface area contributed by atoms with E-state index >= 15 is 0 Å². The van der Waals surface area contributed by atoms with Gasteiger partial charge in [-0.2, -0.15) is 0 Å². The van der Waals surface area contributed by atoms with Crippen molar-refractivity contribution < 1.29 is 33.4 Å². The lowest BCUT2D eigenvalue weighted by Gasteiger charge is -2.31. The lowest BCUT2D eigenvalue weighted by molar-refractivity contribution is -0.122. The molecule has 3 atom stereocenters. The summed E-state index contributed by atoms with van der Waals surface area (Å²) in [5, 5.41) is 2.36. The van der Waals surface area contributed by atoms with Gasteiger partial charge in [0.2, 0.25) is 17.7 Å². The number of esters is 2. The van der Waals surface area contributed by atoms with Gasteiger partial charge in [-0.15, -0.1) is 0 Å². The second kappa shape index (κ2) is 14.3. The van der Waals surface area contributed by atoms with Crippen LogP contribution in [0.15, 0.2) is 82.6 Å². The monoisotopic (exact) mass is 727 g/mol. The zero-order valence-corrected chi connectivity index (χ0v) is 30.4. The highest BCUT2D eigenvalue weighted by Gasteiger charge is 2.56. The van der Waals surface area contributed by atoms with Gasteiger partial charge in [-0.3, -0.25) is 23.7 Å². The summed E-state index contributed by atoms with van der Waals surface area (Å²) in [6.07, 6.45) is 0. The molecule has 1 N–H and O–H groups in total. The van der Waals surface area contributed by atoms with Crippen molar-refractivity contribution in [1.82, 2.24) is 4.57 Å². The van der Waals surface area contributed by atoms with Crippen molar-refractivity contribution in [3.05, 3.63) is 110 Å². The minimum atomic E-state index is -0.874. The Balaban J connectivity index is 1.34. The van der Waals surface area contributed by atoms with Gasteiger partial charge in [0.05, 0.1) is 41.0 Å². The first-order valence-electron chi connectivity index (χ1n) is 16.5. The predicted octanol–water partition coefficient (Wildman–Crippen LogP) is 6.00. The highest BCUT2D eigenvalue weighted by Crippen LogP contribution is 2.54. The summed E-state index contributed by atoms with van der Waals surface area (Å²) in [5.41, 5.74) is 3.12. The molecular formula is C38H37N3O8S2. The third-order valence-corrected chi connectivity index (χ3v) is 11.4. The minimum Gasteiger partial charge on any atom is -0.462 e. The van der Waals surface area contributed by atoms with Gasteiger partial charge < -0.3 is 14.8 Å². The molecule has 11 nitrogen and oxygen atoms in total. The van der Waals surface area contributed by atoms with Crippen LogP contribution in [0.5, 0.6) is 0 Å². The number of rotatable bonds is 9. The Kier molecular flexibility index (Phi) is 10.0. The van der Waals surface area contributed by atoms with E-state index in [2.05, 4.69) is 26.1 Å². The first-order valence-corrected chi connectivity index (χ1v) is 18.2. The van der Waals surface area contributed by atoms with Gasteiger partial charge in [0.15, 0.2) is 0 Å². The maximum atomic E-state index is 14.3. The number of anilines is 2. The number of nitrogens with one attached hydrogen (secondary N) is 1. The van der Waals surface area contributed by atoms with E-state index in [1.807, 2.05) is 24.3 Å². The summed E-state index contributed by atoms with van der Waals surface area (Å²) in [5.74, 6) is -3.77. The summed E-state index contributed by atoms with van der Waals surface area (Å²) in [7, 11) is 0. The number of ether oxygens (including phenoxy) is 2. The Morgan fingerprint density at radius 2 is 1.35 bits per heavy atom. The summed E-state index contributed by atoms with van der Waals surface area (Å²) in [4.78, 5) is 80.9. The summed E-state index contributed by atoms with van der Waals surface area (Å²) >= 11 is 2.09. The SMILES string of the molecule is CCOC(=O)c1ccc(NC(=O)Cn2c3c(sc2=O)[C@@H](c2ccc(C(C)(C)C)cc2)[C@H]2C(=O)N(c4ccc(C(=O)OCC)cc4)C(=O)[C@H]2S3)cc1. The fraction of sp³-hybridized carbons (Fsp3) is 0.316. The predicted molar refractivity (Wildman–Crippen MR) is 195 cm³/mol. The molecule has 6 rings (SSSR count). The summed E-state index contributed by atoms with van der Waals surface area (Å²) in [6.45, 7) is 9.84. The number of hydrogen-bond acceptors (Lipinski definition) is 10. The van der Waals surface area contributed by atoms with Crippen molar-refractivity contribution >= 4 is 64.1 Å². The third kappa shape index (κ3) is 7.00. The van der Waals surface area contributed by atoms with Crippen molar-refractivity contribution in [2.45, 2.75) is 62.8 Å². The Labute approximate surface area is 302 Å². The van der Waals surface area contributed by atoms with Crippen LogP contribution in [0.3, 0.4) is 0 Å². The quantitative estimate of drug-likeness (QED) is 0.163. The van der Waals surface area contributed by atoms with Crippen molar-refractivity contribution in [3.63, 3.8) is 0 Å². The molecule has 2 aliphatic rings. The Bertz CT molecular complexity index is 2060. The molecular weight excluding hydrogens is 691 g/mol. The van der Waals surface area contributed by atoms with Gasteiger partial charge in [-0.25, -0.2) is 14.5 Å². The summed E-state index contributed by atoms with van der Waals surface area (Å²) in [6, 6.07) is 20.2. The van der Waals surface area contributed by atoms with E-state index < -0.39 is 46.7 Å². The van der Waals surface area contributed by atoms with Gasteiger partial charge in [-0.1, -0.05) is 68.1 Å². The second-order valence-corrected chi connectivity index (χ2v) is 15.3. The number of nitrogens with zero attached hydrogens (tertiary/aromatic N) is 2. The standard InChI is InChI=1S/C38H37N3O8S2/c1-6-48-35(45)22-10-16-25(17-11-22)39-27(42)20-40-34-31(51-37(40)47)28(21-8-14-24(15-9-21)38(3,4)5)29-30(50-34)33(44)41(32(29)43)26-18-12-23(13-19-26)36(46)49-7-2/h8-19,28-30H,6-7,20H2,1-5H3,(H,39,42)/t28-,29+,30-/m0/s1. The van der Waals surface area contributed by atoms with E-state index in [-0.39, 0.29) is 30.0 Å². The molecule has 264 valence electrons. The minimum absolute atomic E-state index is 0.124. The number of thioether (sulfide) groups is 1. The van der Waals surface area contributed by atoms with Gasteiger partial charge in [-0.05, 0) is 78.9 Å².